The Kier molecular flexibility index (Phi) is 3.01. The summed E-state index contributed by atoms with van der Waals surface area (Å²) in [6, 6.07) is 25.8. The van der Waals surface area contributed by atoms with Crippen LogP contribution >= 0.6 is 0 Å². The Balaban J connectivity index is 1.84. The molecule has 2 heterocycles. The standard InChI is InChI=1S/C23H19NO/c1-15-9-11-20-18(12-15)14-21-19-10-8-16(2)13-22(19)25-23(24(20)21)17-6-4-3-5-7-17/h3-14,23H,1-2H3. The summed E-state index contributed by atoms with van der Waals surface area (Å²) in [5.41, 5.74) is 7.24. The first-order valence-electron chi connectivity index (χ1n) is 8.65. The van der Waals surface area contributed by atoms with Gasteiger partial charge in [0.2, 0.25) is 6.23 Å². The van der Waals surface area contributed by atoms with Gasteiger partial charge in [-0.1, -0.05) is 48.0 Å². The molecule has 122 valence electrons. The summed E-state index contributed by atoms with van der Waals surface area (Å²) in [5.74, 6) is 0.959. The van der Waals surface area contributed by atoms with Crippen molar-refractivity contribution in [2.24, 2.45) is 0 Å². The number of hydrogen-bond acceptors (Lipinski definition) is 1. The van der Waals surface area contributed by atoms with Gasteiger partial charge in [0, 0.05) is 16.5 Å². The summed E-state index contributed by atoms with van der Waals surface area (Å²) >= 11 is 0. The molecule has 0 bridgehead atoms. The molecule has 2 nitrogen and oxygen atoms in total. The van der Waals surface area contributed by atoms with Crippen LogP contribution < -0.4 is 4.74 Å². The molecule has 2 heteroatoms. The van der Waals surface area contributed by atoms with Crippen molar-refractivity contribution in [3.63, 3.8) is 0 Å². The number of hydrogen-bond donors (Lipinski definition) is 0. The van der Waals surface area contributed by atoms with E-state index in [-0.39, 0.29) is 6.23 Å². The van der Waals surface area contributed by atoms with Crippen molar-refractivity contribution < 1.29 is 4.74 Å². The van der Waals surface area contributed by atoms with Gasteiger partial charge >= 0.3 is 0 Å². The van der Waals surface area contributed by atoms with Crippen LogP contribution in [0.1, 0.15) is 22.9 Å². The first kappa shape index (κ1) is 14.4. The lowest BCUT2D eigenvalue weighted by molar-refractivity contribution is 0.173. The molecule has 0 radical (unpaired) electrons. The molecule has 4 aromatic rings. The highest BCUT2D eigenvalue weighted by molar-refractivity contribution is 5.89. The smallest absolute Gasteiger partial charge is 0.203 e. The Hall–Kier alpha value is -3.00. The van der Waals surface area contributed by atoms with Crippen LogP contribution in [0.15, 0.2) is 72.8 Å². The molecule has 0 saturated carbocycles. The minimum atomic E-state index is -0.147. The number of aryl methyl sites for hydroxylation is 2. The zero-order valence-corrected chi connectivity index (χ0v) is 14.4. The Morgan fingerprint density at radius 1 is 0.800 bits per heavy atom. The molecule has 0 spiro atoms. The van der Waals surface area contributed by atoms with E-state index in [1.54, 1.807) is 0 Å². The van der Waals surface area contributed by atoms with Crippen LogP contribution in [-0.4, -0.2) is 4.57 Å². The molecule has 0 fully saturated rings. The average Bonchev–Trinajstić information content (AvgIpc) is 3.00. The monoisotopic (exact) mass is 325 g/mol. The molecule has 25 heavy (non-hydrogen) atoms. The van der Waals surface area contributed by atoms with Gasteiger partial charge in [0.1, 0.15) is 5.75 Å². The Bertz CT molecular complexity index is 1090. The van der Waals surface area contributed by atoms with Crippen molar-refractivity contribution in [3.05, 3.63) is 89.5 Å². The Labute approximate surface area is 147 Å². The summed E-state index contributed by atoms with van der Waals surface area (Å²) < 4.78 is 8.81. The lowest BCUT2D eigenvalue weighted by Gasteiger charge is -2.30. The molecule has 1 unspecified atom stereocenters. The number of aromatic nitrogens is 1. The first-order chi connectivity index (χ1) is 12.2. The van der Waals surface area contributed by atoms with Crippen molar-refractivity contribution in [3.8, 4) is 17.0 Å². The average molecular weight is 325 g/mol. The third kappa shape index (κ3) is 2.18. The van der Waals surface area contributed by atoms with Gasteiger partial charge in [-0.2, -0.15) is 0 Å². The number of ether oxygens (including phenoxy) is 1. The SMILES string of the molecule is Cc1ccc2c(c1)OC(c1ccccc1)n1c-2cc2cc(C)ccc21. The fourth-order valence-electron chi connectivity index (χ4n) is 3.76. The molecule has 1 aliphatic rings. The normalized spacial score (nSPS) is 15.5. The highest BCUT2D eigenvalue weighted by Crippen LogP contribution is 2.44. The van der Waals surface area contributed by atoms with Crippen LogP contribution in [0.4, 0.5) is 0 Å². The van der Waals surface area contributed by atoms with E-state index < -0.39 is 0 Å². The Morgan fingerprint density at radius 2 is 1.56 bits per heavy atom. The van der Waals surface area contributed by atoms with Crippen LogP contribution in [-0.2, 0) is 0 Å². The summed E-state index contributed by atoms with van der Waals surface area (Å²) in [4.78, 5) is 0. The number of nitrogens with zero attached hydrogens (tertiary/aromatic N) is 1. The van der Waals surface area contributed by atoms with Gasteiger partial charge in [-0.05, 0) is 49.7 Å². The van der Waals surface area contributed by atoms with Gasteiger partial charge in [-0.25, -0.2) is 0 Å². The number of rotatable bonds is 1. The minimum absolute atomic E-state index is 0.147. The lowest BCUT2D eigenvalue weighted by atomic mass is 10.1. The van der Waals surface area contributed by atoms with Gasteiger partial charge in [0.25, 0.3) is 0 Å². The molecule has 0 N–H and O–H groups in total. The van der Waals surface area contributed by atoms with Crippen LogP contribution in [0, 0.1) is 13.8 Å². The molecular weight excluding hydrogens is 306 g/mol. The second-order valence-electron chi connectivity index (χ2n) is 6.84. The van der Waals surface area contributed by atoms with E-state index in [9.17, 15) is 0 Å². The molecule has 0 amide bonds. The minimum Gasteiger partial charge on any atom is -0.465 e. The lowest BCUT2D eigenvalue weighted by Crippen LogP contribution is -2.22. The van der Waals surface area contributed by atoms with Crippen LogP contribution in [0.5, 0.6) is 5.75 Å². The first-order valence-corrected chi connectivity index (χ1v) is 8.65. The fraction of sp³-hybridized carbons (Fsp3) is 0.130. The van der Waals surface area contributed by atoms with Crippen molar-refractivity contribution >= 4 is 10.9 Å². The summed E-state index contributed by atoms with van der Waals surface area (Å²) in [5, 5.41) is 1.26. The Morgan fingerprint density at radius 3 is 2.40 bits per heavy atom. The molecule has 1 aliphatic heterocycles. The maximum atomic E-state index is 6.48. The molecule has 1 atom stereocenters. The van der Waals surface area contributed by atoms with Gasteiger partial charge < -0.3 is 9.30 Å². The van der Waals surface area contributed by atoms with E-state index in [1.807, 2.05) is 6.07 Å². The molecule has 0 aliphatic carbocycles. The van der Waals surface area contributed by atoms with Crippen molar-refractivity contribution in [2.75, 3.05) is 0 Å². The number of benzene rings is 3. The maximum absolute atomic E-state index is 6.48. The quantitative estimate of drug-likeness (QED) is 0.427. The second-order valence-corrected chi connectivity index (χ2v) is 6.84. The summed E-state index contributed by atoms with van der Waals surface area (Å²) in [7, 11) is 0. The van der Waals surface area contributed by atoms with Gasteiger partial charge in [0.05, 0.1) is 11.2 Å². The second kappa shape index (κ2) is 5.25. The van der Waals surface area contributed by atoms with Crippen LogP contribution in [0.3, 0.4) is 0 Å². The number of fused-ring (bicyclic) bond motifs is 5. The fourth-order valence-corrected chi connectivity index (χ4v) is 3.76. The van der Waals surface area contributed by atoms with Crippen LogP contribution in [0.2, 0.25) is 0 Å². The summed E-state index contributed by atoms with van der Waals surface area (Å²) in [6.45, 7) is 4.24. The molecule has 5 rings (SSSR count). The van der Waals surface area contributed by atoms with Gasteiger partial charge in [-0.3, -0.25) is 0 Å². The van der Waals surface area contributed by atoms with E-state index in [0.717, 1.165) is 16.9 Å². The topological polar surface area (TPSA) is 14.2 Å². The highest BCUT2D eigenvalue weighted by atomic mass is 16.5. The largest absolute Gasteiger partial charge is 0.465 e. The highest BCUT2D eigenvalue weighted by Gasteiger charge is 2.28. The van der Waals surface area contributed by atoms with Crippen molar-refractivity contribution in [2.45, 2.75) is 20.1 Å². The third-order valence-electron chi connectivity index (χ3n) is 4.97. The van der Waals surface area contributed by atoms with E-state index in [4.69, 9.17) is 4.74 Å². The van der Waals surface area contributed by atoms with E-state index in [1.165, 1.54) is 27.7 Å². The van der Waals surface area contributed by atoms with Gasteiger partial charge in [-0.15, -0.1) is 0 Å². The zero-order chi connectivity index (χ0) is 17.0. The van der Waals surface area contributed by atoms with E-state index in [0.29, 0.717) is 0 Å². The predicted octanol–water partition coefficient (Wildman–Crippen LogP) is 5.86. The molecule has 0 saturated heterocycles. The van der Waals surface area contributed by atoms with Crippen molar-refractivity contribution in [1.29, 1.82) is 0 Å². The van der Waals surface area contributed by atoms with Gasteiger partial charge in [0.15, 0.2) is 0 Å². The third-order valence-corrected chi connectivity index (χ3v) is 4.97. The maximum Gasteiger partial charge on any atom is 0.203 e. The van der Waals surface area contributed by atoms with E-state index >= 15 is 0 Å². The zero-order valence-electron chi connectivity index (χ0n) is 14.4. The van der Waals surface area contributed by atoms with Crippen LogP contribution in [0.25, 0.3) is 22.2 Å². The molecule has 1 aromatic heterocycles. The molecular formula is C23H19NO. The van der Waals surface area contributed by atoms with E-state index in [2.05, 4.69) is 85.1 Å². The van der Waals surface area contributed by atoms with Crippen molar-refractivity contribution in [1.82, 2.24) is 4.57 Å². The predicted molar refractivity (Wildman–Crippen MR) is 102 cm³/mol. The molecule has 3 aromatic carbocycles. The summed E-state index contributed by atoms with van der Waals surface area (Å²) in [6.07, 6.45) is -0.147.